The molecule has 19 heavy (non-hydrogen) atoms. The van der Waals surface area contributed by atoms with Crippen molar-refractivity contribution < 1.29 is 0 Å². The molecule has 0 spiro atoms. The molecule has 3 heteroatoms. The summed E-state index contributed by atoms with van der Waals surface area (Å²) in [5.41, 5.74) is 11.9. The maximum Gasteiger partial charge on any atom is 0.0239 e. The summed E-state index contributed by atoms with van der Waals surface area (Å²) < 4.78 is 0. The maximum absolute atomic E-state index is 5.88. The molecule has 0 saturated carbocycles. The zero-order valence-electron chi connectivity index (χ0n) is 12.6. The van der Waals surface area contributed by atoms with E-state index in [2.05, 4.69) is 44.7 Å². The minimum Gasteiger partial charge on any atom is -0.330 e. The molecule has 1 unspecified atom stereocenters. The van der Waals surface area contributed by atoms with Crippen LogP contribution < -0.4 is 5.73 Å². The SMILES string of the molecule is Cc1cc(C)c(CN2CCC(C)(CN)C2)c(C)c1.Cl. The molecule has 1 heterocycles. The number of hydrogen-bond acceptors (Lipinski definition) is 2. The Morgan fingerprint density at radius 2 is 1.79 bits per heavy atom. The summed E-state index contributed by atoms with van der Waals surface area (Å²) in [6, 6.07) is 4.58. The third-order valence-corrected chi connectivity index (χ3v) is 4.35. The van der Waals surface area contributed by atoms with Crippen molar-refractivity contribution in [1.29, 1.82) is 0 Å². The van der Waals surface area contributed by atoms with E-state index in [1.165, 1.54) is 35.2 Å². The molecule has 2 N–H and O–H groups in total. The number of rotatable bonds is 3. The lowest BCUT2D eigenvalue weighted by atomic mass is 9.90. The van der Waals surface area contributed by atoms with Crippen LogP contribution in [-0.4, -0.2) is 24.5 Å². The third kappa shape index (κ3) is 3.71. The van der Waals surface area contributed by atoms with Crippen LogP contribution in [0, 0.1) is 26.2 Å². The second-order valence-electron chi connectivity index (χ2n) is 6.35. The van der Waals surface area contributed by atoms with Crippen LogP contribution in [0.25, 0.3) is 0 Å². The van der Waals surface area contributed by atoms with E-state index in [1.54, 1.807) is 0 Å². The van der Waals surface area contributed by atoms with Gasteiger partial charge in [0.05, 0.1) is 0 Å². The van der Waals surface area contributed by atoms with E-state index in [0.717, 1.165) is 19.6 Å². The predicted molar refractivity (Wildman–Crippen MR) is 85.0 cm³/mol. The highest BCUT2D eigenvalue weighted by molar-refractivity contribution is 5.85. The summed E-state index contributed by atoms with van der Waals surface area (Å²) in [6.07, 6.45) is 1.23. The first-order valence-corrected chi connectivity index (χ1v) is 6.93. The van der Waals surface area contributed by atoms with Gasteiger partial charge >= 0.3 is 0 Å². The number of halogens is 1. The third-order valence-electron chi connectivity index (χ3n) is 4.35. The molecule has 1 fully saturated rings. The summed E-state index contributed by atoms with van der Waals surface area (Å²) in [4.78, 5) is 2.55. The van der Waals surface area contributed by atoms with E-state index in [9.17, 15) is 0 Å². The smallest absolute Gasteiger partial charge is 0.0239 e. The Kier molecular flexibility index (Phi) is 5.43. The number of nitrogens with two attached hydrogens (primary N) is 1. The fraction of sp³-hybridized carbons (Fsp3) is 0.625. The number of hydrogen-bond donors (Lipinski definition) is 1. The highest BCUT2D eigenvalue weighted by atomic mass is 35.5. The van der Waals surface area contributed by atoms with Crippen LogP contribution in [0.2, 0.25) is 0 Å². The Balaban J connectivity index is 0.00000180. The summed E-state index contributed by atoms with van der Waals surface area (Å²) in [5, 5.41) is 0. The van der Waals surface area contributed by atoms with Crippen molar-refractivity contribution in [3.8, 4) is 0 Å². The summed E-state index contributed by atoms with van der Waals surface area (Å²) >= 11 is 0. The van der Waals surface area contributed by atoms with Gasteiger partial charge in [-0.25, -0.2) is 0 Å². The number of aryl methyl sites for hydroxylation is 3. The molecule has 1 aromatic carbocycles. The van der Waals surface area contributed by atoms with Crippen LogP contribution in [-0.2, 0) is 6.54 Å². The van der Waals surface area contributed by atoms with Crippen LogP contribution in [0.15, 0.2) is 12.1 Å². The Morgan fingerprint density at radius 1 is 1.21 bits per heavy atom. The fourth-order valence-electron chi connectivity index (χ4n) is 3.11. The van der Waals surface area contributed by atoms with Gasteiger partial charge in [-0.2, -0.15) is 0 Å². The highest BCUT2D eigenvalue weighted by Crippen LogP contribution is 2.30. The first-order chi connectivity index (χ1) is 8.43. The van der Waals surface area contributed by atoms with Crippen molar-refractivity contribution in [2.75, 3.05) is 19.6 Å². The van der Waals surface area contributed by atoms with E-state index in [1.807, 2.05) is 0 Å². The normalized spacial score (nSPS) is 23.4. The van der Waals surface area contributed by atoms with Gasteiger partial charge in [0.15, 0.2) is 0 Å². The van der Waals surface area contributed by atoms with Crippen molar-refractivity contribution in [2.45, 2.75) is 40.7 Å². The van der Waals surface area contributed by atoms with Gasteiger partial charge in [-0.3, -0.25) is 4.90 Å². The second kappa shape index (κ2) is 6.25. The van der Waals surface area contributed by atoms with Crippen molar-refractivity contribution in [3.63, 3.8) is 0 Å². The molecule has 108 valence electrons. The Morgan fingerprint density at radius 3 is 2.26 bits per heavy atom. The zero-order valence-corrected chi connectivity index (χ0v) is 13.4. The number of likely N-dealkylation sites (tertiary alicyclic amines) is 1. The molecule has 1 aliphatic rings. The molecule has 0 bridgehead atoms. The average molecular weight is 283 g/mol. The monoisotopic (exact) mass is 282 g/mol. The van der Waals surface area contributed by atoms with E-state index in [4.69, 9.17) is 5.73 Å². The van der Waals surface area contributed by atoms with Crippen LogP contribution in [0.4, 0.5) is 0 Å². The van der Waals surface area contributed by atoms with Crippen molar-refractivity contribution >= 4 is 12.4 Å². The van der Waals surface area contributed by atoms with Crippen molar-refractivity contribution in [2.24, 2.45) is 11.1 Å². The van der Waals surface area contributed by atoms with Crippen LogP contribution >= 0.6 is 12.4 Å². The van der Waals surface area contributed by atoms with E-state index >= 15 is 0 Å². The first-order valence-electron chi connectivity index (χ1n) is 6.93. The lowest BCUT2D eigenvalue weighted by Gasteiger charge is -2.24. The van der Waals surface area contributed by atoms with Gasteiger partial charge < -0.3 is 5.73 Å². The molecule has 2 nitrogen and oxygen atoms in total. The quantitative estimate of drug-likeness (QED) is 0.922. The van der Waals surface area contributed by atoms with Gasteiger partial charge in [0.2, 0.25) is 0 Å². The summed E-state index contributed by atoms with van der Waals surface area (Å²) in [6.45, 7) is 13.1. The van der Waals surface area contributed by atoms with Gasteiger partial charge in [0.25, 0.3) is 0 Å². The average Bonchev–Trinajstić information content (AvgIpc) is 2.66. The topological polar surface area (TPSA) is 29.3 Å². The van der Waals surface area contributed by atoms with Crippen molar-refractivity contribution in [3.05, 3.63) is 34.4 Å². The van der Waals surface area contributed by atoms with Gasteiger partial charge in [-0.15, -0.1) is 12.4 Å². The maximum atomic E-state index is 5.88. The minimum absolute atomic E-state index is 0. The Labute approximate surface area is 123 Å². The molecule has 0 aromatic heterocycles. The molecule has 1 aromatic rings. The molecule has 2 rings (SSSR count). The molecule has 0 radical (unpaired) electrons. The Hall–Kier alpha value is -0.570. The van der Waals surface area contributed by atoms with Gasteiger partial charge in [0, 0.05) is 13.1 Å². The molecular weight excluding hydrogens is 256 g/mol. The molecular formula is C16H27ClN2. The zero-order chi connectivity index (χ0) is 13.3. The number of benzene rings is 1. The highest BCUT2D eigenvalue weighted by Gasteiger charge is 2.32. The standard InChI is InChI=1S/C16H26N2.ClH/c1-12-7-13(2)15(14(3)8-12)9-18-6-5-16(4,10-17)11-18;/h7-8H,5-6,9-11,17H2,1-4H3;1H. The van der Waals surface area contributed by atoms with E-state index in [0.29, 0.717) is 5.41 Å². The molecule has 1 saturated heterocycles. The van der Waals surface area contributed by atoms with Crippen LogP contribution in [0.1, 0.15) is 35.6 Å². The molecule has 0 amide bonds. The van der Waals surface area contributed by atoms with Crippen molar-refractivity contribution in [1.82, 2.24) is 4.90 Å². The predicted octanol–water partition coefficient (Wildman–Crippen LogP) is 3.20. The lowest BCUT2D eigenvalue weighted by molar-refractivity contribution is 0.273. The fourth-order valence-corrected chi connectivity index (χ4v) is 3.11. The van der Waals surface area contributed by atoms with E-state index in [-0.39, 0.29) is 12.4 Å². The van der Waals surface area contributed by atoms with Crippen LogP contribution in [0.5, 0.6) is 0 Å². The summed E-state index contributed by atoms with van der Waals surface area (Å²) in [7, 11) is 0. The van der Waals surface area contributed by atoms with Gasteiger partial charge in [-0.05, 0) is 62.4 Å². The van der Waals surface area contributed by atoms with Gasteiger partial charge in [0.1, 0.15) is 0 Å². The van der Waals surface area contributed by atoms with E-state index < -0.39 is 0 Å². The molecule has 1 aliphatic heterocycles. The number of nitrogens with zero attached hydrogens (tertiary/aromatic N) is 1. The largest absolute Gasteiger partial charge is 0.330 e. The second-order valence-corrected chi connectivity index (χ2v) is 6.35. The van der Waals surface area contributed by atoms with Gasteiger partial charge in [-0.1, -0.05) is 24.6 Å². The Bertz CT molecular complexity index is 421. The molecule has 1 atom stereocenters. The molecule has 0 aliphatic carbocycles. The van der Waals surface area contributed by atoms with Crippen LogP contribution in [0.3, 0.4) is 0 Å². The minimum atomic E-state index is 0. The lowest BCUT2D eigenvalue weighted by Crippen LogP contribution is -2.31. The summed E-state index contributed by atoms with van der Waals surface area (Å²) in [5.74, 6) is 0. The first kappa shape index (κ1) is 16.5.